The molecule has 0 aliphatic heterocycles. The minimum atomic E-state index is -0.205. The van der Waals surface area contributed by atoms with Crippen molar-refractivity contribution in [1.82, 2.24) is 10.3 Å². The molecule has 2 heterocycles. The molecule has 3 aromatic rings. The van der Waals surface area contributed by atoms with E-state index < -0.39 is 0 Å². The van der Waals surface area contributed by atoms with Gasteiger partial charge in [0.25, 0.3) is 5.91 Å². The molecule has 0 atom stereocenters. The molecule has 0 bridgehead atoms. The summed E-state index contributed by atoms with van der Waals surface area (Å²) in [5, 5.41) is 5.77. The normalized spacial score (nSPS) is 10.6. The lowest BCUT2D eigenvalue weighted by Gasteiger charge is -2.07. The first-order valence-electron chi connectivity index (χ1n) is 7.20. The predicted molar refractivity (Wildman–Crippen MR) is 96.4 cm³/mol. The highest BCUT2D eigenvalue weighted by Crippen LogP contribution is 2.24. The molecule has 24 heavy (non-hydrogen) atoms. The number of hydrogen-bond acceptors (Lipinski definition) is 5. The molecule has 3 rings (SSSR count). The number of carbonyl (C=O) groups excluding carboxylic acids is 1. The molecule has 0 unspecified atom stereocenters. The summed E-state index contributed by atoms with van der Waals surface area (Å²) in [5.74, 6) is 1.79. The van der Waals surface area contributed by atoms with Crippen molar-refractivity contribution in [3.8, 4) is 17.2 Å². The summed E-state index contributed by atoms with van der Waals surface area (Å²) in [6.45, 7) is 2.25. The number of aromatic nitrogens is 1. The lowest BCUT2D eigenvalue weighted by atomic mass is 10.2. The van der Waals surface area contributed by atoms with Gasteiger partial charge in [0.2, 0.25) is 0 Å². The molecule has 1 aromatic carbocycles. The zero-order valence-corrected chi connectivity index (χ0v) is 15.5. The summed E-state index contributed by atoms with van der Waals surface area (Å²) < 4.78 is 11.6. The number of methoxy groups -OCH3 is 1. The first kappa shape index (κ1) is 16.7. The van der Waals surface area contributed by atoms with Crippen molar-refractivity contribution in [2.24, 2.45) is 0 Å². The summed E-state index contributed by atoms with van der Waals surface area (Å²) in [6, 6.07) is 8.95. The summed E-state index contributed by atoms with van der Waals surface area (Å²) in [6.07, 6.45) is 0. The quantitative estimate of drug-likeness (QED) is 0.681. The number of halogens is 1. The highest BCUT2D eigenvalue weighted by atomic mass is 79.9. The smallest absolute Gasteiger partial charge is 0.252 e. The number of rotatable bonds is 5. The number of thiazole rings is 1. The molecule has 0 radical (unpaired) electrons. The van der Waals surface area contributed by atoms with Crippen molar-refractivity contribution in [2.75, 3.05) is 7.11 Å². The molecule has 0 fully saturated rings. The van der Waals surface area contributed by atoms with E-state index in [1.54, 1.807) is 36.6 Å². The third-order valence-corrected chi connectivity index (χ3v) is 4.84. The van der Waals surface area contributed by atoms with Crippen molar-refractivity contribution in [2.45, 2.75) is 13.5 Å². The van der Waals surface area contributed by atoms with Crippen LogP contribution in [0.5, 0.6) is 5.75 Å². The van der Waals surface area contributed by atoms with Crippen molar-refractivity contribution in [3.05, 3.63) is 56.5 Å². The molecule has 0 spiro atoms. The highest BCUT2D eigenvalue weighted by molar-refractivity contribution is 9.10. The van der Waals surface area contributed by atoms with Gasteiger partial charge >= 0.3 is 0 Å². The van der Waals surface area contributed by atoms with Crippen LogP contribution in [0.1, 0.15) is 21.1 Å². The summed E-state index contributed by atoms with van der Waals surface area (Å²) >= 11 is 4.95. The number of aryl methyl sites for hydroxylation is 1. The molecule has 2 aromatic heterocycles. The van der Waals surface area contributed by atoms with Gasteiger partial charge in [-0.25, -0.2) is 4.98 Å². The fourth-order valence-electron chi connectivity index (χ4n) is 2.16. The Balaban J connectivity index is 1.68. The van der Waals surface area contributed by atoms with Gasteiger partial charge in [-0.3, -0.25) is 4.79 Å². The molecule has 0 saturated heterocycles. The Morgan fingerprint density at radius 2 is 2.21 bits per heavy atom. The number of amides is 1. The van der Waals surface area contributed by atoms with Gasteiger partial charge in [0.1, 0.15) is 17.2 Å². The van der Waals surface area contributed by atoms with E-state index in [0.717, 1.165) is 10.7 Å². The van der Waals surface area contributed by atoms with Crippen molar-refractivity contribution in [3.63, 3.8) is 0 Å². The Bertz CT molecular complexity index is 872. The first-order chi connectivity index (χ1) is 11.6. The van der Waals surface area contributed by atoms with Gasteiger partial charge in [0.15, 0.2) is 5.76 Å². The number of benzene rings is 1. The van der Waals surface area contributed by atoms with Crippen LogP contribution < -0.4 is 10.1 Å². The Hall–Kier alpha value is -2.12. The van der Waals surface area contributed by atoms with Gasteiger partial charge < -0.3 is 14.5 Å². The summed E-state index contributed by atoms with van der Waals surface area (Å²) in [5.41, 5.74) is 1.32. The standard InChI is InChI=1S/C17H15BrN2O3S/c1-10-20-15(9-24-10)16-6-4-12(23-16)8-19-17(21)13-7-11(22-2)3-5-14(13)18/h3-7,9H,8H2,1-2H3,(H,19,21). The number of carbonyl (C=O) groups is 1. The molecule has 1 amide bonds. The average Bonchev–Trinajstić information content (AvgIpc) is 3.22. The first-order valence-corrected chi connectivity index (χ1v) is 8.87. The van der Waals surface area contributed by atoms with Gasteiger partial charge in [-0.1, -0.05) is 0 Å². The van der Waals surface area contributed by atoms with Crippen LogP contribution in [0.3, 0.4) is 0 Å². The molecule has 7 heteroatoms. The van der Waals surface area contributed by atoms with E-state index in [1.165, 1.54) is 0 Å². The second-order valence-electron chi connectivity index (χ2n) is 5.05. The van der Waals surface area contributed by atoms with Gasteiger partial charge in [0.05, 0.1) is 24.2 Å². The Morgan fingerprint density at radius 1 is 1.38 bits per heavy atom. The maximum Gasteiger partial charge on any atom is 0.252 e. The molecule has 1 N–H and O–H groups in total. The average molecular weight is 407 g/mol. The lowest BCUT2D eigenvalue weighted by Crippen LogP contribution is -2.23. The van der Waals surface area contributed by atoms with Gasteiger partial charge in [-0.05, 0) is 53.2 Å². The van der Waals surface area contributed by atoms with E-state index in [9.17, 15) is 4.79 Å². The highest BCUT2D eigenvalue weighted by Gasteiger charge is 2.13. The van der Waals surface area contributed by atoms with Crippen LogP contribution in [0.25, 0.3) is 11.5 Å². The third kappa shape index (κ3) is 3.68. The maximum absolute atomic E-state index is 12.3. The molecule has 124 valence electrons. The Labute approximate surface area is 151 Å². The maximum atomic E-state index is 12.3. The number of furan rings is 1. The number of nitrogens with one attached hydrogen (secondary N) is 1. The number of nitrogens with zero attached hydrogens (tertiary/aromatic N) is 1. The van der Waals surface area contributed by atoms with E-state index in [2.05, 4.69) is 26.2 Å². The zero-order chi connectivity index (χ0) is 17.1. The SMILES string of the molecule is COc1ccc(Br)c(C(=O)NCc2ccc(-c3csc(C)n3)o2)c1. The van der Waals surface area contributed by atoms with Crippen LogP contribution in [0.4, 0.5) is 0 Å². The zero-order valence-electron chi connectivity index (χ0n) is 13.1. The van der Waals surface area contributed by atoms with Crippen LogP contribution in [0.15, 0.2) is 44.6 Å². The van der Waals surface area contributed by atoms with Crippen molar-refractivity contribution >= 4 is 33.2 Å². The van der Waals surface area contributed by atoms with E-state index in [4.69, 9.17) is 9.15 Å². The third-order valence-electron chi connectivity index (χ3n) is 3.37. The van der Waals surface area contributed by atoms with Crippen LogP contribution in [0.2, 0.25) is 0 Å². The number of hydrogen-bond donors (Lipinski definition) is 1. The molecular weight excluding hydrogens is 392 g/mol. The minimum absolute atomic E-state index is 0.205. The van der Waals surface area contributed by atoms with Crippen LogP contribution >= 0.6 is 27.3 Å². The molecule has 5 nitrogen and oxygen atoms in total. The Kier molecular flexibility index (Phi) is 5.01. The fourth-order valence-corrected chi connectivity index (χ4v) is 3.18. The Morgan fingerprint density at radius 3 is 2.92 bits per heavy atom. The molecular formula is C17H15BrN2O3S. The topological polar surface area (TPSA) is 64.4 Å². The monoisotopic (exact) mass is 406 g/mol. The number of ether oxygens (including phenoxy) is 1. The van der Waals surface area contributed by atoms with Crippen molar-refractivity contribution < 1.29 is 13.9 Å². The largest absolute Gasteiger partial charge is 0.497 e. The van der Waals surface area contributed by atoms with Crippen molar-refractivity contribution in [1.29, 1.82) is 0 Å². The van der Waals surface area contributed by atoms with E-state index >= 15 is 0 Å². The van der Waals surface area contributed by atoms with E-state index in [-0.39, 0.29) is 5.91 Å². The van der Waals surface area contributed by atoms with Gasteiger partial charge in [-0.15, -0.1) is 11.3 Å². The van der Waals surface area contributed by atoms with Gasteiger partial charge in [0, 0.05) is 9.85 Å². The van der Waals surface area contributed by atoms with Gasteiger partial charge in [-0.2, -0.15) is 0 Å². The molecule has 0 aliphatic rings. The van der Waals surface area contributed by atoms with Crippen LogP contribution in [-0.2, 0) is 6.54 Å². The van der Waals surface area contributed by atoms with Crippen LogP contribution in [0, 0.1) is 6.92 Å². The molecule has 0 aliphatic carbocycles. The van der Waals surface area contributed by atoms with Crippen LogP contribution in [-0.4, -0.2) is 18.0 Å². The second kappa shape index (κ2) is 7.19. The molecule has 0 saturated carbocycles. The van der Waals surface area contributed by atoms with E-state index in [0.29, 0.717) is 33.9 Å². The summed E-state index contributed by atoms with van der Waals surface area (Å²) in [7, 11) is 1.56. The second-order valence-corrected chi connectivity index (χ2v) is 6.96. The lowest BCUT2D eigenvalue weighted by molar-refractivity contribution is 0.0947. The predicted octanol–water partition coefficient (Wildman–Crippen LogP) is 4.41. The van der Waals surface area contributed by atoms with E-state index in [1.807, 2.05) is 24.4 Å². The minimum Gasteiger partial charge on any atom is -0.497 e. The fraction of sp³-hybridized carbons (Fsp3) is 0.176. The summed E-state index contributed by atoms with van der Waals surface area (Å²) in [4.78, 5) is 16.7.